The van der Waals surface area contributed by atoms with Gasteiger partial charge in [0.05, 0.1) is 0 Å². The number of anilines is 1. The number of benzene rings is 1. The molecule has 2 aromatic rings. The van der Waals surface area contributed by atoms with Gasteiger partial charge in [-0.25, -0.2) is 0 Å². The number of aromatic nitrogens is 1. The van der Waals surface area contributed by atoms with Crippen molar-refractivity contribution >= 4 is 24.3 Å². The van der Waals surface area contributed by atoms with E-state index in [4.69, 9.17) is 0 Å². The van der Waals surface area contributed by atoms with Crippen molar-refractivity contribution in [3.8, 4) is 0 Å². The first-order chi connectivity index (χ1) is 10.2. The first kappa shape index (κ1) is 14.4. The molecule has 0 bridgehead atoms. The number of amides is 2. The van der Waals surface area contributed by atoms with Gasteiger partial charge in [-0.2, -0.15) is 0 Å². The summed E-state index contributed by atoms with van der Waals surface area (Å²) in [6.45, 7) is 0.437. The fourth-order valence-electron chi connectivity index (χ4n) is 1.67. The standard InChI is InChI=1S/C15H13N3O3/c19-9-12-3-6-14(17-8-12)15(21)18-13-4-1-11(2-5-13)7-16-10-20/h1-6,8-10H,7H2,(H,16,20)(H,18,21). The summed E-state index contributed by atoms with van der Waals surface area (Å²) >= 11 is 0. The van der Waals surface area contributed by atoms with Crippen LogP contribution < -0.4 is 10.6 Å². The van der Waals surface area contributed by atoms with Gasteiger partial charge in [-0.05, 0) is 29.8 Å². The number of rotatable bonds is 6. The van der Waals surface area contributed by atoms with Gasteiger partial charge >= 0.3 is 0 Å². The molecule has 1 aromatic carbocycles. The Hall–Kier alpha value is -3.02. The Morgan fingerprint density at radius 3 is 2.43 bits per heavy atom. The van der Waals surface area contributed by atoms with E-state index in [1.807, 2.05) is 0 Å². The fourth-order valence-corrected chi connectivity index (χ4v) is 1.67. The zero-order valence-electron chi connectivity index (χ0n) is 11.1. The molecule has 2 rings (SSSR count). The first-order valence-electron chi connectivity index (χ1n) is 6.21. The SMILES string of the molecule is O=CNCc1ccc(NC(=O)c2ccc(C=O)cn2)cc1. The van der Waals surface area contributed by atoms with Crippen molar-refractivity contribution in [3.63, 3.8) is 0 Å². The third-order valence-corrected chi connectivity index (χ3v) is 2.76. The van der Waals surface area contributed by atoms with Gasteiger partial charge in [0.25, 0.3) is 5.91 Å². The predicted molar refractivity (Wildman–Crippen MR) is 76.9 cm³/mol. The van der Waals surface area contributed by atoms with Crippen molar-refractivity contribution in [1.82, 2.24) is 10.3 Å². The average molecular weight is 283 g/mol. The lowest BCUT2D eigenvalue weighted by Crippen LogP contribution is -2.14. The Bertz CT molecular complexity index is 636. The molecule has 21 heavy (non-hydrogen) atoms. The van der Waals surface area contributed by atoms with E-state index in [0.717, 1.165) is 5.56 Å². The third kappa shape index (κ3) is 3.97. The molecule has 0 spiro atoms. The summed E-state index contributed by atoms with van der Waals surface area (Å²) in [7, 11) is 0. The van der Waals surface area contributed by atoms with E-state index < -0.39 is 0 Å². The monoisotopic (exact) mass is 283 g/mol. The van der Waals surface area contributed by atoms with Crippen LogP contribution in [0.25, 0.3) is 0 Å². The van der Waals surface area contributed by atoms with Crippen molar-refractivity contribution in [2.24, 2.45) is 0 Å². The second kappa shape index (κ2) is 6.95. The maximum Gasteiger partial charge on any atom is 0.274 e. The highest BCUT2D eigenvalue weighted by atomic mass is 16.2. The number of nitrogens with zero attached hydrogens (tertiary/aromatic N) is 1. The molecule has 2 amide bonds. The van der Waals surface area contributed by atoms with Gasteiger partial charge in [0.15, 0.2) is 6.29 Å². The molecular weight excluding hydrogens is 270 g/mol. The van der Waals surface area contributed by atoms with Gasteiger partial charge < -0.3 is 10.6 Å². The van der Waals surface area contributed by atoms with Gasteiger partial charge in [-0.15, -0.1) is 0 Å². The van der Waals surface area contributed by atoms with Crippen LogP contribution in [0.1, 0.15) is 26.4 Å². The normalized spacial score (nSPS) is 9.71. The Morgan fingerprint density at radius 2 is 1.86 bits per heavy atom. The number of carbonyl (C=O) groups excluding carboxylic acids is 3. The number of pyridine rings is 1. The first-order valence-corrected chi connectivity index (χ1v) is 6.21. The second-order valence-corrected chi connectivity index (χ2v) is 4.24. The van der Waals surface area contributed by atoms with Crippen molar-refractivity contribution in [1.29, 1.82) is 0 Å². The molecule has 0 aliphatic carbocycles. The van der Waals surface area contributed by atoms with E-state index in [1.54, 1.807) is 24.3 Å². The van der Waals surface area contributed by atoms with Crippen LogP contribution in [0.5, 0.6) is 0 Å². The molecule has 0 unspecified atom stereocenters. The van der Waals surface area contributed by atoms with Crippen LogP contribution in [0.3, 0.4) is 0 Å². The number of aldehydes is 1. The topological polar surface area (TPSA) is 88.2 Å². The predicted octanol–water partition coefficient (Wildman–Crippen LogP) is 1.39. The molecule has 2 N–H and O–H groups in total. The highest BCUT2D eigenvalue weighted by Gasteiger charge is 2.07. The Morgan fingerprint density at radius 1 is 1.10 bits per heavy atom. The molecule has 0 aliphatic heterocycles. The van der Waals surface area contributed by atoms with Crippen molar-refractivity contribution in [2.45, 2.75) is 6.54 Å². The van der Waals surface area contributed by atoms with Crippen LogP contribution in [0, 0.1) is 0 Å². The molecule has 6 nitrogen and oxygen atoms in total. The maximum absolute atomic E-state index is 12.0. The molecule has 106 valence electrons. The molecule has 0 saturated heterocycles. The van der Waals surface area contributed by atoms with Gasteiger partial charge in [-0.3, -0.25) is 19.4 Å². The Balaban J connectivity index is 2.01. The summed E-state index contributed by atoms with van der Waals surface area (Å²) in [6.07, 6.45) is 2.64. The van der Waals surface area contributed by atoms with Crippen molar-refractivity contribution in [3.05, 3.63) is 59.4 Å². The van der Waals surface area contributed by atoms with Crippen LogP contribution >= 0.6 is 0 Å². The van der Waals surface area contributed by atoms with Crippen molar-refractivity contribution < 1.29 is 14.4 Å². The molecule has 0 saturated carbocycles. The summed E-state index contributed by atoms with van der Waals surface area (Å²) in [5.74, 6) is -0.355. The smallest absolute Gasteiger partial charge is 0.274 e. The van der Waals surface area contributed by atoms with E-state index in [0.29, 0.717) is 30.5 Å². The summed E-state index contributed by atoms with van der Waals surface area (Å²) in [5, 5.41) is 5.25. The lowest BCUT2D eigenvalue weighted by atomic mass is 10.2. The molecule has 0 radical (unpaired) electrons. The molecular formula is C15H13N3O3. The van der Waals surface area contributed by atoms with Crippen LogP contribution in [0.2, 0.25) is 0 Å². The minimum absolute atomic E-state index is 0.229. The average Bonchev–Trinajstić information content (AvgIpc) is 2.54. The molecule has 1 aromatic heterocycles. The van der Waals surface area contributed by atoms with Gasteiger partial charge in [0.2, 0.25) is 6.41 Å². The van der Waals surface area contributed by atoms with Crippen LogP contribution in [-0.2, 0) is 11.3 Å². The zero-order valence-corrected chi connectivity index (χ0v) is 11.1. The highest BCUT2D eigenvalue weighted by Crippen LogP contribution is 2.11. The summed E-state index contributed by atoms with van der Waals surface area (Å²) in [5.41, 5.74) is 2.19. The summed E-state index contributed by atoms with van der Waals surface area (Å²) < 4.78 is 0. The molecule has 1 heterocycles. The van der Waals surface area contributed by atoms with Gasteiger partial charge in [-0.1, -0.05) is 12.1 Å². The second-order valence-electron chi connectivity index (χ2n) is 4.24. The fraction of sp³-hybridized carbons (Fsp3) is 0.0667. The molecule has 0 aliphatic rings. The van der Waals surface area contributed by atoms with Crippen LogP contribution in [-0.4, -0.2) is 23.6 Å². The number of carbonyl (C=O) groups is 3. The van der Waals surface area contributed by atoms with Gasteiger partial charge in [0.1, 0.15) is 5.69 Å². The van der Waals surface area contributed by atoms with Gasteiger partial charge in [0, 0.05) is 24.0 Å². The number of hydrogen-bond donors (Lipinski definition) is 2. The van der Waals surface area contributed by atoms with E-state index in [2.05, 4.69) is 15.6 Å². The molecule has 6 heteroatoms. The maximum atomic E-state index is 12.0. The third-order valence-electron chi connectivity index (χ3n) is 2.76. The Labute approximate surface area is 121 Å². The van der Waals surface area contributed by atoms with Crippen LogP contribution in [0.15, 0.2) is 42.6 Å². The molecule has 0 fully saturated rings. The number of nitrogens with one attached hydrogen (secondary N) is 2. The minimum Gasteiger partial charge on any atom is -0.355 e. The quantitative estimate of drug-likeness (QED) is 0.784. The minimum atomic E-state index is -0.355. The highest BCUT2D eigenvalue weighted by molar-refractivity contribution is 6.03. The largest absolute Gasteiger partial charge is 0.355 e. The number of hydrogen-bond acceptors (Lipinski definition) is 4. The summed E-state index contributed by atoms with van der Waals surface area (Å²) in [6, 6.07) is 10.1. The van der Waals surface area contributed by atoms with E-state index in [-0.39, 0.29) is 11.6 Å². The lowest BCUT2D eigenvalue weighted by molar-refractivity contribution is -0.109. The van der Waals surface area contributed by atoms with Crippen molar-refractivity contribution in [2.75, 3.05) is 5.32 Å². The van der Waals surface area contributed by atoms with E-state index in [1.165, 1.54) is 18.3 Å². The lowest BCUT2D eigenvalue weighted by Gasteiger charge is -2.06. The van der Waals surface area contributed by atoms with E-state index in [9.17, 15) is 14.4 Å². The van der Waals surface area contributed by atoms with E-state index >= 15 is 0 Å². The Kier molecular flexibility index (Phi) is 4.76. The van der Waals surface area contributed by atoms with Crippen LogP contribution in [0.4, 0.5) is 5.69 Å². The zero-order chi connectivity index (χ0) is 15.1. The molecule has 0 atom stereocenters. The summed E-state index contributed by atoms with van der Waals surface area (Å²) in [4.78, 5) is 36.6.